The topological polar surface area (TPSA) is 79.9 Å². The molecule has 1 amide bonds. The largest absolute Gasteiger partial charge is 0.493 e. The van der Waals surface area contributed by atoms with Crippen LogP contribution in [0.2, 0.25) is 0 Å². The van der Waals surface area contributed by atoms with Gasteiger partial charge in [0.2, 0.25) is 11.9 Å². The molecular formula is C13H14N4O2. The van der Waals surface area contributed by atoms with Gasteiger partial charge >= 0.3 is 0 Å². The molecule has 2 N–H and O–H groups in total. The van der Waals surface area contributed by atoms with E-state index in [-0.39, 0.29) is 11.8 Å². The number of hydrogen-bond donors (Lipinski definition) is 2. The molecule has 6 heteroatoms. The lowest BCUT2D eigenvalue weighted by Gasteiger charge is -2.24. The summed E-state index contributed by atoms with van der Waals surface area (Å²) in [6.45, 7) is 2.33. The predicted molar refractivity (Wildman–Crippen MR) is 69.0 cm³/mol. The molecule has 98 valence electrons. The third-order valence-electron chi connectivity index (χ3n) is 3.11. The summed E-state index contributed by atoms with van der Waals surface area (Å²) in [5.74, 6) is 1.44. The summed E-state index contributed by atoms with van der Waals surface area (Å²) in [6.07, 6.45) is 0.659. The normalized spacial score (nSPS) is 17.4. The fourth-order valence-electron chi connectivity index (χ4n) is 2.21. The van der Waals surface area contributed by atoms with E-state index in [1.54, 1.807) is 6.92 Å². The van der Waals surface area contributed by atoms with Crippen molar-refractivity contribution in [3.8, 4) is 5.75 Å². The first kappa shape index (κ1) is 11.7. The number of carbonyl (C=O) groups is 1. The number of carbonyl (C=O) groups excluding carboxylic acids is 1. The number of aryl methyl sites for hydroxylation is 1. The highest BCUT2D eigenvalue weighted by atomic mass is 16.5. The smallest absolute Gasteiger partial charge is 0.248 e. The second-order valence-electron chi connectivity index (χ2n) is 4.46. The van der Waals surface area contributed by atoms with Crippen molar-refractivity contribution in [3.05, 3.63) is 35.7 Å². The van der Waals surface area contributed by atoms with Gasteiger partial charge in [0.15, 0.2) is 0 Å². The molecule has 2 heterocycles. The van der Waals surface area contributed by atoms with Gasteiger partial charge in [0.25, 0.3) is 0 Å². The number of aromatic amines is 1. The lowest BCUT2D eigenvalue weighted by Crippen LogP contribution is -2.26. The second-order valence-corrected chi connectivity index (χ2v) is 4.46. The summed E-state index contributed by atoms with van der Waals surface area (Å²) in [4.78, 5) is 16.4. The summed E-state index contributed by atoms with van der Waals surface area (Å²) < 4.78 is 5.54. The minimum Gasteiger partial charge on any atom is -0.493 e. The van der Waals surface area contributed by atoms with E-state index in [1.165, 1.54) is 0 Å². The highest BCUT2D eigenvalue weighted by Gasteiger charge is 2.27. The molecule has 1 atom stereocenters. The van der Waals surface area contributed by atoms with Gasteiger partial charge in [0.1, 0.15) is 11.6 Å². The number of hydrogen-bond acceptors (Lipinski definition) is 4. The van der Waals surface area contributed by atoms with E-state index >= 15 is 0 Å². The maximum Gasteiger partial charge on any atom is 0.248 e. The number of aromatic nitrogens is 3. The van der Waals surface area contributed by atoms with Gasteiger partial charge in [0, 0.05) is 5.56 Å². The summed E-state index contributed by atoms with van der Waals surface area (Å²) in [6, 6.07) is 7.61. The summed E-state index contributed by atoms with van der Waals surface area (Å²) in [5.41, 5.74) is 0.915. The lowest BCUT2D eigenvalue weighted by atomic mass is 9.92. The van der Waals surface area contributed by atoms with Crippen molar-refractivity contribution in [1.29, 1.82) is 0 Å². The van der Waals surface area contributed by atoms with Crippen LogP contribution in [-0.2, 0) is 4.79 Å². The van der Waals surface area contributed by atoms with Gasteiger partial charge in [-0.05, 0) is 19.4 Å². The van der Waals surface area contributed by atoms with Crippen LogP contribution < -0.4 is 10.1 Å². The van der Waals surface area contributed by atoms with Crippen molar-refractivity contribution in [2.45, 2.75) is 19.3 Å². The van der Waals surface area contributed by atoms with Crippen LogP contribution in [0.4, 0.5) is 5.95 Å². The summed E-state index contributed by atoms with van der Waals surface area (Å²) >= 11 is 0. The number of nitrogens with zero attached hydrogens (tertiary/aromatic N) is 2. The molecule has 0 saturated carbocycles. The zero-order valence-corrected chi connectivity index (χ0v) is 10.5. The highest BCUT2D eigenvalue weighted by molar-refractivity contribution is 5.95. The molecule has 0 aliphatic carbocycles. The highest BCUT2D eigenvalue weighted by Crippen LogP contribution is 2.33. The zero-order chi connectivity index (χ0) is 13.2. The summed E-state index contributed by atoms with van der Waals surface area (Å²) in [5, 5.41) is 9.33. The van der Waals surface area contributed by atoms with Crippen molar-refractivity contribution < 1.29 is 9.53 Å². The first-order chi connectivity index (χ1) is 9.24. The molecule has 1 aromatic carbocycles. The molecule has 6 nitrogen and oxygen atoms in total. The van der Waals surface area contributed by atoms with Crippen molar-refractivity contribution in [2.24, 2.45) is 0 Å². The number of H-pyrrole nitrogens is 1. The Hall–Kier alpha value is -2.37. The molecule has 0 saturated heterocycles. The molecular weight excluding hydrogens is 244 g/mol. The number of para-hydroxylation sites is 1. The second kappa shape index (κ2) is 4.72. The minimum atomic E-state index is -0.219. The Morgan fingerprint density at radius 2 is 2.32 bits per heavy atom. The van der Waals surface area contributed by atoms with E-state index in [2.05, 4.69) is 20.5 Å². The molecule has 0 radical (unpaired) electrons. The molecule has 1 aliphatic heterocycles. The first-order valence-electron chi connectivity index (χ1n) is 6.15. The molecule has 0 fully saturated rings. The first-order valence-corrected chi connectivity index (χ1v) is 6.15. The van der Waals surface area contributed by atoms with Crippen LogP contribution in [0.15, 0.2) is 24.3 Å². The number of amides is 1. The van der Waals surface area contributed by atoms with Gasteiger partial charge in [0.05, 0.1) is 12.5 Å². The van der Waals surface area contributed by atoms with Crippen LogP contribution in [-0.4, -0.2) is 27.7 Å². The average molecular weight is 258 g/mol. The van der Waals surface area contributed by atoms with E-state index < -0.39 is 0 Å². The van der Waals surface area contributed by atoms with E-state index in [4.69, 9.17) is 4.74 Å². The third kappa shape index (κ3) is 2.29. The van der Waals surface area contributed by atoms with E-state index in [0.29, 0.717) is 24.8 Å². The van der Waals surface area contributed by atoms with Crippen molar-refractivity contribution in [2.75, 3.05) is 11.9 Å². The van der Waals surface area contributed by atoms with Crippen LogP contribution in [0.25, 0.3) is 0 Å². The Morgan fingerprint density at radius 1 is 1.47 bits per heavy atom. The fraction of sp³-hybridized carbons (Fsp3) is 0.308. The quantitative estimate of drug-likeness (QED) is 0.857. The van der Waals surface area contributed by atoms with Crippen LogP contribution >= 0.6 is 0 Å². The number of ether oxygens (including phenoxy) is 1. The van der Waals surface area contributed by atoms with Gasteiger partial charge in [-0.2, -0.15) is 4.98 Å². The number of anilines is 1. The number of benzene rings is 1. The molecule has 3 rings (SSSR count). The maximum absolute atomic E-state index is 12.3. The molecule has 0 bridgehead atoms. The molecule has 1 aromatic heterocycles. The Labute approximate surface area is 110 Å². The SMILES string of the molecule is Cc1nc(NC(=O)C2CCOc3ccccc32)n[nH]1. The van der Waals surface area contributed by atoms with E-state index in [1.807, 2.05) is 24.3 Å². The van der Waals surface area contributed by atoms with Crippen molar-refractivity contribution >= 4 is 11.9 Å². The Bertz CT molecular complexity index is 608. The van der Waals surface area contributed by atoms with Gasteiger partial charge in [-0.3, -0.25) is 15.2 Å². The van der Waals surface area contributed by atoms with Gasteiger partial charge in [-0.1, -0.05) is 18.2 Å². The number of rotatable bonds is 2. The van der Waals surface area contributed by atoms with Gasteiger partial charge < -0.3 is 4.74 Å². The van der Waals surface area contributed by atoms with E-state index in [9.17, 15) is 4.79 Å². The Balaban J connectivity index is 1.81. The van der Waals surface area contributed by atoms with Crippen molar-refractivity contribution in [1.82, 2.24) is 15.2 Å². The predicted octanol–water partition coefficient (Wildman–Crippen LogP) is 1.62. The number of fused-ring (bicyclic) bond motifs is 1. The average Bonchev–Trinajstić information content (AvgIpc) is 2.83. The molecule has 2 aromatic rings. The Morgan fingerprint density at radius 3 is 3.11 bits per heavy atom. The third-order valence-corrected chi connectivity index (χ3v) is 3.11. The van der Waals surface area contributed by atoms with Crippen molar-refractivity contribution in [3.63, 3.8) is 0 Å². The zero-order valence-electron chi connectivity index (χ0n) is 10.5. The standard InChI is InChI=1S/C13H14N4O2/c1-8-14-13(17-16-8)15-12(18)10-6-7-19-11-5-3-2-4-9(10)11/h2-5,10H,6-7H2,1H3,(H2,14,15,16,17,18). The maximum atomic E-state index is 12.3. The van der Waals surface area contributed by atoms with Crippen LogP contribution in [0.3, 0.4) is 0 Å². The van der Waals surface area contributed by atoms with Gasteiger partial charge in [-0.15, -0.1) is 5.10 Å². The molecule has 1 unspecified atom stereocenters. The van der Waals surface area contributed by atoms with Gasteiger partial charge in [-0.25, -0.2) is 0 Å². The molecule has 0 spiro atoms. The van der Waals surface area contributed by atoms with Crippen LogP contribution in [0.5, 0.6) is 5.75 Å². The minimum absolute atomic E-state index is 0.102. The van der Waals surface area contributed by atoms with E-state index in [0.717, 1.165) is 11.3 Å². The lowest BCUT2D eigenvalue weighted by molar-refractivity contribution is -0.118. The van der Waals surface area contributed by atoms with Crippen LogP contribution in [0.1, 0.15) is 23.7 Å². The van der Waals surface area contributed by atoms with Crippen LogP contribution in [0, 0.1) is 6.92 Å². The molecule has 1 aliphatic rings. The summed E-state index contributed by atoms with van der Waals surface area (Å²) in [7, 11) is 0. The Kier molecular flexibility index (Phi) is 2.91. The molecule has 19 heavy (non-hydrogen) atoms. The number of nitrogens with one attached hydrogen (secondary N) is 2. The fourth-order valence-corrected chi connectivity index (χ4v) is 2.21. The monoisotopic (exact) mass is 258 g/mol.